The van der Waals surface area contributed by atoms with E-state index in [1.165, 1.54) is 6.07 Å². The number of nitrogens with two attached hydrogens (primary N) is 1. The summed E-state index contributed by atoms with van der Waals surface area (Å²) in [4.78, 5) is 14.3. The van der Waals surface area contributed by atoms with E-state index in [0.717, 1.165) is 0 Å². The average molecular weight is 265 g/mol. The number of nitrogens with zero attached hydrogens (tertiary/aromatic N) is 1. The summed E-state index contributed by atoms with van der Waals surface area (Å²) in [6.45, 7) is 0. The zero-order valence-corrected chi connectivity index (χ0v) is 8.71. The van der Waals surface area contributed by atoms with E-state index >= 15 is 0 Å². The molecule has 0 saturated carbocycles. The summed E-state index contributed by atoms with van der Waals surface area (Å²) in [5, 5.41) is 8.71. The first kappa shape index (κ1) is 10.4. The van der Waals surface area contributed by atoms with Crippen molar-refractivity contribution < 1.29 is 9.90 Å². The van der Waals surface area contributed by atoms with E-state index in [2.05, 4.69) is 20.9 Å². The summed E-state index contributed by atoms with van der Waals surface area (Å²) in [5.41, 5.74) is 5.65. The Hall–Kier alpha value is -0.650. The average Bonchev–Trinajstić information content (AvgIpc) is 2.03. The number of carboxylic acid groups (broad SMARTS) is 1. The smallest absolute Gasteiger partial charge is 0.325 e. The van der Waals surface area contributed by atoms with Crippen molar-refractivity contribution in [2.24, 2.45) is 5.73 Å². The topological polar surface area (TPSA) is 76.2 Å². The van der Waals surface area contributed by atoms with Crippen molar-refractivity contribution in [2.45, 2.75) is 6.04 Å². The van der Waals surface area contributed by atoms with Crippen LogP contribution in [0.3, 0.4) is 0 Å². The van der Waals surface area contributed by atoms with Crippen molar-refractivity contribution in [2.75, 3.05) is 0 Å². The van der Waals surface area contributed by atoms with E-state index in [9.17, 15) is 4.79 Å². The van der Waals surface area contributed by atoms with Gasteiger partial charge < -0.3 is 10.8 Å². The summed E-state index contributed by atoms with van der Waals surface area (Å²) in [5.74, 6) is -1.13. The molecule has 0 spiro atoms. The zero-order valence-electron chi connectivity index (χ0n) is 6.37. The number of hydrogen-bond donors (Lipinski definition) is 2. The minimum atomic E-state index is -1.13. The number of carboxylic acids is 1. The zero-order chi connectivity index (χ0) is 10.0. The predicted molar refractivity (Wildman–Crippen MR) is 51.5 cm³/mol. The molecule has 1 aromatic heterocycles. The molecule has 1 aromatic rings. The molecule has 1 atom stereocenters. The molecule has 0 fully saturated rings. The van der Waals surface area contributed by atoms with Gasteiger partial charge in [-0.2, -0.15) is 0 Å². The van der Waals surface area contributed by atoms with Crippen molar-refractivity contribution in [3.8, 4) is 0 Å². The van der Waals surface area contributed by atoms with Crippen molar-refractivity contribution in [1.82, 2.24) is 4.98 Å². The Balaban J connectivity index is 3.08. The van der Waals surface area contributed by atoms with Crippen LogP contribution in [0, 0.1) is 0 Å². The Kier molecular flexibility index (Phi) is 3.24. The second kappa shape index (κ2) is 4.04. The fourth-order valence-electron chi connectivity index (χ4n) is 0.788. The number of carbonyl (C=O) groups is 1. The number of halogens is 2. The largest absolute Gasteiger partial charge is 0.480 e. The quantitative estimate of drug-likeness (QED) is 0.796. The van der Waals surface area contributed by atoms with Crippen molar-refractivity contribution in [3.05, 3.63) is 27.5 Å². The predicted octanol–water partition coefficient (Wildman–Crippen LogP) is 1.58. The molecule has 0 amide bonds. The van der Waals surface area contributed by atoms with Gasteiger partial charge >= 0.3 is 5.97 Å². The Morgan fingerprint density at radius 2 is 2.31 bits per heavy atom. The van der Waals surface area contributed by atoms with Gasteiger partial charge in [0.1, 0.15) is 15.8 Å². The number of hydrogen-bond acceptors (Lipinski definition) is 3. The maximum Gasteiger partial charge on any atom is 0.325 e. The molecule has 70 valence electrons. The van der Waals surface area contributed by atoms with Crippen LogP contribution in [0.15, 0.2) is 16.7 Å². The molecule has 1 heterocycles. The normalized spacial score (nSPS) is 12.5. The Bertz CT molecular complexity index is 345. The van der Waals surface area contributed by atoms with Crippen molar-refractivity contribution >= 4 is 33.5 Å². The second-order valence-corrected chi connectivity index (χ2v) is 3.50. The van der Waals surface area contributed by atoms with Crippen LogP contribution >= 0.6 is 27.5 Å². The molecular weight excluding hydrogens is 259 g/mol. The highest BCUT2D eigenvalue weighted by Crippen LogP contribution is 2.21. The van der Waals surface area contributed by atoms with E-state index in [1.54, 1.807) is 6.07 Å². The lowest BCUT2D eigenvalue weighted by molar-refractivity contribution is -0.138. The molecule has 3 N–H and O–H groups in total. The van der Waals surface area contributed by atoms with Crippen LogP contribution in [0.1, 0.15) is 11.6 Å². The number of aliphatic carboxylic acids is 1. The lowest BCUT2D eigenvalue weighted by Gasteiger charge is -2.07. The van der Waals surface area contributed by atoms with Gasteiger partial charge in [-0.05, 0) is 22.0 Å². The molecule has 0 radical (unpaired) electrons. The van der Waals surface area contributed by atoms with Crippen LogP contribution in [-0.4, -0.2) is 16.1 Å². The van der Waals surface area contributed by atoms with Crippen molar-refractivity contribution in [1.29, 1.82) is 0 Å². The molecule has 13 heavy (non-hydrogen) atoms. The fourth-order valence-corrected chi connectivity index (χ4v) is 1.47. The molecule has 1 rings (SSSR count). The molecule has 0 aromatic carbocycles. The van der Waals surface area contributed by atoms with E-state index in [1.807, 2.05) is 0 Å². The number of pyridine rings is 1. The highest BCUT2D eigenvalue weighted by molar-refractivity contribution is 9.10. The van der Waals surface area contributed by atoms with Crippen LogP contribution < -0.4 is 5.73 Å². The van der Waals surface area contributed by atoms with Gasteiger partial charge in [0.05, 0.1) is 0 Å². The van der Waals surface area contributed by atoms with Crippen LogP contribution in [0.5, 0.6) is 0 Å². The highest BCUT2D eigenvalue weighted by Gasteiger charge is 2.17. The monoisotopic (exact) mass is 264 g/mol. The minimum Gasteiger partial charge on any atom is -0.480 e. The van der Waals surface area contributed by atoms with Gasteiger partial charge in [0, 0.05) is 5.56 Å². The van der Waals surface area contributed by atoms with Gasteiger partial charge in [-0.15, -0.1) is 0 Å². The summed E-state index contributed by atoms with van der Waals surface area (Å²) < 4.78 is 0.541. The summed E-state index contributed by atoms with van der Waals surface area (Å²) in [6.07, 6.45) is 0. The van der Waals surface area contributed by atoms with E-state index in [0.29, 0.717) is 10.2 Å². The lowest BCUT2D eigenvalue weighted by Crippen LogP contribution is -2.21. The fraction of sp³-hybridized carbons (Fsp3) is 0.143. The Morgan fingerprint density at radius 3 is 2.77 bits per heavy atom. The second-order valence-electron chi connectivity index (χ2n) is 2.33. The Morgan fingerprint density at radius 1 is 1.69 bits per heavy atom. The first-order valence-electron chi connectivity index (χ1n) is 3.32. The van der Waals surface area contributed by atoms with Crippen molar-refractivity contribution in [3.63, 3.8) is 0 Å². The SMILES string of the molecule is N[C@H](C(=O)O)c1ccc(Br)nc1Cl. The molecule has 0 saturated heterocycles. The maximum absolute atomic E-state index is 10.5. The summed E-state index contributed by atoms with van der Waals surface area (Å²) >= 11 is 8.78. The lowest BCUT2D eigenvalue weighted by atomic mass is 10.1. The highest BCUT2D eigenvalue weighted by atomic mass is 79.9. The summed E-state index contributed by atoms with van der Waals surface area (Å²) in [7, 11) is 0. The molecule has 4 nitrogen and oxygen atoms in total. The number of aromatic nitrogens is 1. The van der Waals surface area contributed by atoms with Crippen LogP contribution in [0.25, 0.3) is 0 Å². The third-order valence-electron chi connectivity index (χ3n) is 1.44. The first-order valence-corrected chi connectivity index (χ1v) is 4.50. The van der Waals surface area contributed by atoms with Gasteiger partial charge in [-0.25, -0.2) is 4.98 Å². The minimum absolute atomic E-state index is 0.101. The standard InChI is InChI=1S/C7H6BrClN2O2/c8-4-2-1-3(6(9)11-4)5(10)7(12)13/h1-2,5H,10H2,(H,12,13)/t5-/m0/s1. The molecule has 0 bridgehead atoms. The third-order valence-corrected chi connectivity index (χ3v) is 2.19. The first-order chi connectivity index (χ1) is 6.02. The summed E-state index contributed by atoms with van der Waals surface area (Å²) in [6, 6.07) is 1.98. The molecule has 0 unspecified atom stereocenters. The van der Waals surface area contributed by atoms with Gasteiger partial charge in [-0.1, -0.05) is 17.7 Å². The van der Waals surface area contributed by atoms with Gasteiger partial charge in [0.2, 0.25) is 0 Å². The Labute approximate surface area is 87.8 Å². The van der Waals surface area contributed by atoms with Crippen LogP contribution in [-0.2, 0) is 4.79 Å². The van der Waals surface area contributed by atoms with Gasteiger partial charge in [-0.3, -0.25) is 4.79 Å². The third kappa shape index (κ3) is 2.40. The maximum atomic E-state index is 10.5. The van der Waals surface area contributed by atoms with E-state index in [-0.39, 0.29) is 5.15 Å². The van der Waals surface area contributed by atoms with Crippen LogP contribution in [0.4, 0.5) is 0 Å². The molecular formula is C7H6BrClN2O2. The molecule has 0 aliphatic carbocycles. The van der Waals surface area contributed by atoms with Gasteiger partial charge in [0.15, 0.2) is 0 Å². The van der Waals surface area contributed by atoms with Gasteiger partial charge in [0.25, 0.3) is 0 Å². The molecule has 6 heteroatoms. The van der Waals surface area contributed by atoms with Crippen LogP contribution in [0.2, 0.25) is 5.15 Å². The van der Waals surface area contributed by atoms with E-state index in [4.69, 9.17) is 22.4 Å². The van der Waals surface area contributed by atoms with E-state index < -0.39 is 12.0 Å². The number of rotatable bonds is 2. The molecule has 0 aliphatic heterocycles. The molecule has 0 aliphatic rings.